The highest BCUT2D eigenvalue weighted by Gasteiger charge is 2.13. The molecule has 0 atom stereocenters. The van der Waals surface area contributed by atoms with E-state index in [-0.39, 0.29) is 0 Å². The number of hydrogen-bond acceptors (Lipinski definition) is 2. The van der Waals surface area contributed by atoms with E-state index in [0.29, 0.717) is 12.2 Å². The van der Waals surface area contributed by atoms with Crippen molar-refractivity contribution in [1.29, 1.82) is 0 Å². The molecule has 0 fully saturated rings. The fourth-order valence-electron chi connectivity index (χ4n) is 2.18. The van der Waals surface area contributed by atoms with Gasteiger partial charge >= 0.3 is 11.8 Å². The van der Waals surface area contributed by atoms with Gasteiger partial charge in [0.05, 0.1) is 0 Å². The van der Waals surface area contributed by atoms with Crippen molar-refractivity contribution in [2.24, 2.45) is 0 Å². The second kappa shape index (κ2) is 6.13. The van der Waals surface area contributed by atoms with E-state index in [1.807, 2.05) is 54.7 Å². The van der Waals surface area contributed by atoms with Gasteiger partial charge < -0.3 is 15.6 Å². The van der Waals surface area contributed by atoms with Crippen molar-refractivity contribution in [2.75, 3.05) is 5.32 Å². The van der Waals surface area contributed by atoms with Gasteiger partial charge in [-0.05, 0) is 29.8 Å². The number of anilines is 1. The summed E-state index contributed by atoms with van der Waals surface area (Å²) in [4.78, 5) is 26.8. The minimum Gasteiger partial charge on any atom is -0.361 e. The van der Waals surface area contributed by atoms with Crippen LogP contribution in [0.1, 0.15) is 5.56 Å². The van der Waals surface area contributed by atoms with Gasteiger partial charge in [-0.25, -0.2) is 0 Å². The lowest BCUT2D eigenvalue weighted by Crippen LogP contribution is -2.34. The van der Waals surface area contributed by atoms with Gasteiger partial charge in [-0.15, -0.1) is 0 Å². The Kier molecular flexibility index (Phi) is 3.87. The first-order chi connectivity index (χ1) is 10.7. The van der Waals surface area contributed by atoms with E-state index in [9.17, 15) is 9.59 Å². The average Bonchev–Trinajstić information content (AvgIpc) is 3.01. The number of aromatic amines is 1. The maximum Gasteiger partial charge on any atom is 0.313 e. The van der Waals surface area contributed by atoms with Crippen LogP contribution >= 0.6 is 0 Å². The Morgan fingerprint density at radius 1 is 0.955 bits per heavy atom. The molecule has 0 bridgehead atoms. The summed E-state index contributed by atoms with van der Waals surface area (Å²) in [5.74, 6) is -1.33. The molecule has 22 heavy (non-hydrogen) atoms. The van der Waals surface area contributed by atoms with Crippen LogP contribution in [0.3, 0.4) is 0 Å². The summed E-state index contributed by atoms with van der Waals surface area (Å²) < 4.78 is 0. The number of aromatic nitrogens is 1. The van der Waals surface area contributed by atoms with E-state index < -0.39 is 11.8 Å². The van der Waals surface area contributed by atoms with Crippen LogP contribution in [-0.2, 0) is 16.1 Å². The molecule has 0 saturated heterocycles. The van der Waals surface area contributed by atoms with Crippen molar-refractivity contribution < 1.29 is 9.59 Å². The van der Waals surface area contributed by atoms with Crippen molar-refractivity contribution in [3.8, 4) is 0 Å². The van der Waals surface area contributed by atoms with Gasteiger partial charge in [-0.2, -0.15) is 0 Å². The van der Waals surface area contributed by atoms with Crippen LogP contribution in [-0.4, -0.2) is 16.8 Å². The number of nitrogens with one attached hydrogen (secondary N) is 3. The summed E-state index contributed by atoms with van der Waals surface area (Å²) in [6.07, 6.45) is 1.82. The van der Waals surface area contributed by atoms with Crippen LogP contribution in [0.15, 0.2) is 60.8 Å². The second-order valence-electron chi connectivity index (χ2n) is 4.90. The number of H-pyrrole nitrogens is 1. The van der Waals surface area contributed by atoms with Crippen molar-refractivity contribution >= 4 is 28.4 Å². The monoisotopic (exact) mass is 293 g/mol. The van der Waals surface area contributed by atoms with Gasteiger partial charge in [-0.3, -0.25) is 9.59 Å². The molecule has 110 valence electrons. The molecule has 5 nitrogen and oxygen atoms in total. The third-order valence-corrected chi connectivity index (χ3v) is 3.31. The molecule has 1 aromatic heterocycles. The molecule has 0 aliphatic carbocycles. The number of hydrogen-bond donors (Lipinski definition) is 3. The number of benzene rings is 2. The Morgan fingerprint density at radius 3 is 2.59 bits per heavy atom. The van der Waals surface area contributed by atoms with Crippen LogP contribution < -0.4 is 10.6 Å². The summed E-state index contributed by atoms with van der Waals surface area (Å²) >= 11 is 0. The Labute approximate surface area is 127 Å². The third-order valence-electron chi connectivity index (χ3n) is 3.31. The van der Waals surface area contributed by atoms with E-state index in [4.69, 9.17) is 0 Å². The van der Waals surface area contributed by atoms with Crippen molar-refractivity contribution in [2.45, 2.75) is 6.54 Å². The zero-order chi connectivity index (χ0) is 15.4. The predicted octanol–water partition coefficient (Wildman–Crippen LogP) is 2.42. The minimum absolute atomic E-state index is 0.323. The fraction of sp³-hybridized carbons (Fsp3) is 0.0588. The lowest BCUT2D eigenvalue weighted by Gasteiger charge is -2.07. The molecule has 0 aliphatic heterocycles. The number of amides is 2. The molecule has 0 saturated carbocycles. The number of carbonyl (C=O) groups excluding carboxylic acids is 2. The van der Waals surface area contributed by atoms with Crippen molar-refractivity contribution in [3.05, 3.63) is 66.4 Å². The van der Waals surface area contributed by atoms with Crippen LogP contribution in [0.25, 0.3) is 10.9 Å². The minimum atomic E-state index is -0.675. The number of rotatable bonds is 3. The molecule has 0 radical (unpaired) electrons. The Hall–Kier alpha value is -3.08. The summed E-state index contributed by atoms with van der Waals surface area (Å²) in [7, 11) is 0. The standard InChI is InChI=1S/C17H15N3O2/c21-16(19-11-12-4-2-1-3-5-12)17(22)20-14-6-7-15-13(10-14)8-9-18-15/h1-10,18H,11H2,(H,19,21)(H,20,22). The van der Waals surface area contributed by atoms with Gasteiger partial charge in [0.15, 0.2) is 0 Å². The maximum atomic E-state index is 11.9. The largest absolute Gasteiger partial charge is 0.361 e. The Balaban J connectivity index is 1.59. The number of fused-ring (bicyclic) bond motifs is 1. The highest BCUT2D eigenvalue weighted by Crippen LogP contribution is 2.17. The van der Waals surface area contributed by atoms with Crippen LogP contribution in [0.4, 0.5) is 5.69 Å². The van der Waals surface area contributed by atoms with Crippen LogP contribution in [0, 0.1) is 0 Å². The Morgan fingerprint density at radius 2 is 1.77 bits per heavy atom. The molecule has 0 spiro atoms. The summed E-state index contributed by atoms with van der Waals surface area (Å²) in [5, 5.41) is 6.16. The van der Waals surface area contributed by atoms with Crippen molar-refractivity contribution in [1.82, 2.24) is 10.3 Å². The summed E-state index contributed by atoms with van der Waals surface area (Å²) in [6.45, 7) is 0.323. The van der Waals surface area contributed by atoms with Crippen LogP contribution in [0.2, 0.25) is 0 Å². The SMILES string of the molecule is O=C(NCc1ccccc1)C(=O)Nc1ccc2[nH]ccc2c1. The zero-order valence-electron chi connectivity index (χ0n) is 11.8. The molecule has 0 unspecified atom stereocenters. The lowest BCUT2D eigenvalue weighted by atomic mass is 10.2. The first kappa shape index (κ1) is 13.9. The molecule has 2 aromatic carbocycles. The summed E-state index contributed by atoms with van der Waals surface area (Å²) in [6, 6.07) is 16.8. The predicted molar refractivity (Wildman–Crippen MR) is 85.2 cm³/mol. The summed E-state index contributed by atoms with van der Waals surface area (Å²) in [5.41, 5.74) is 2.51. The molecule has 1 heterocycles. The molecule has 2 amide bonds. The van der Waals surface area contributed by atoms with E-state index in [1.54, 1.807) is 6.07 Å². The highest BCUT2D eigenvalue weighted by molar-refractivity contribution is 6.39. The van der Waals surface area contributed by atoms with Crippen molar-refractivity contribution in [3.63, 3.8) is 0 Å². The molecule has 3 rings (SSSR count). The Bertz CT molecular complexity index is 809. The molecule has 0 aliphatic rings. The molecular formula is C17H15N3O2. The van der Waals surface area contributed by atoms with Gasteiger partial charge in [-0.1, -0.05) is 30.3 Å². The third kappa shape index (κ3) is 3.15. The van der Waals surface area contributed by atoms with Gasteiger partial charge in [0, 0.05) is 29.3 Å². The first-order valence-corrected chi connectivity index (χ1v) is 6.92. The number of carbonyl (C=O) groups is 2. The van der Waals surface area contributed by atoms with E-state index in [1.165, 1.54) is 0 Å². The van der Waals surface area contributed by atoms with E-state index in [2.05, 4.69) is 15.6 Å². The zero-order valence-corrected chi connectivity index (χ0v) is 11.8. The second-order valence-corrected chi connectivity index (χ2v) is 4.90. The quantitative estimate of drug-likeness (QED) is 0.649. The molecule has 3 N–H and O–H groups in total. The topological polar surface area (TPSA) is 74.0 Å². The normalized spacial score (nSPS) is 10.4. The van der Waals surface area contributed by atoms with Gasteiger partial charge in [0.25, 0.3) is 0 Å². The molecular weight excluding hydrogens is 278 g/mol. The lowest BCUT2D eigenvalue weighted by molar-refractivity contribution is -0.136. The molecule has 5 heteroatoms. The maximum absolute atomic E-state index is 11.9. The van der Waals surface area contributed by atoms with Gasteiger partial charge in [0.1, 0.15) is 0 Å². The van der Waals surface area contributed by atoms with E-state index in [0.717, 1.165) is 16.5 Å². The molecule has 3 aromatic rings. The first-order valence-electron chi connectivity index (χ1n) is 6.92. The van der Waals surface area contributed by atoms with Gasteiger partial charge in [0.2, 0.25) is 0 Å². The fourth-order valence-corrected chi connectivity index (χ4v) is 2.18. The smallest absolute Gasteiger partial charge is 0.313 e. The van der Waals surface area contributed by atoms with E-state index >= 15 is 0 Å². The average molecular weight is 293 g/mol. The van der Waals surface area contributed by atoms with Crippen LogP contribution in [0.5, 0.6) is 0 Å². The highest BCUT2D eigenvalue weighted by atomic mass is 16.2.